The standard InChI is InChI=1S/C26H29N5O/c1-18-13-27-14-19(2)31(18)24-8-6-21(7-9-24)23-15-28-26-25(16-29-30(26)17-23)22-5-3-4-20(12-22)10-11-32/h3-9,12,15-19,27,32H,10-11,13-14H2,1-2H3/t18-,19+. The monoisotopic (exact) mass is 427 g/mol. The molecule has 32 heavy (non-hydrogen) atoms. The molecule has 0 radical (unpaired) electrons. The van der Waals surface area contributed by atoms with Crippen LogP contribution in [0.15, 0.2) is 67.1 Å². The molecular formula is C26H29N5O. The maximum absolute atomic E-state index is 9.23. The number of nitrogens with one attached hydrogen (secondary N) is 1. The zero-order valence-electron chi connectivity index (χ0n) is 18.6. The molecule has 5 rings (SSSR count). The quantitative estimate of drug-likeness (QED) is 0.507. The molecule has 4 aromatic rings. The highest BCUT2D eigenvalue weighted by atomic mass is 16.2. The second-order valence-electron chi connectivity index (χ2n) is 8.65. The molecule has 0 amide bonds. The summed E-state index contributed by atoms with van der Waals surface area (Å²) < 4.78 is 1.84. The van der Waals surface area contributed by atoms with Crippen LogP contribution >= 0.6 is 0 Å². The molecule has 0 aliphatic carbocycles. The van der Waals surface area contributed by atoms with Gasteiger partial charge in [-0.05, 0) is 49.1 Å². The van der Waals surface area contributed by atoms with E-state index >= 15 is 0 Å². The van der Waals surface area contributed by atoms with E-state index in [1.54, 1.807) is 0 Å². The molecule has 1 saturated heterocycles. The lowest BCUT2D eigenvalue weighted by atomic mass is 10.0. The van der Waals surface area contributed by atoms with E-state index in [1.165, 1.54) is 5.69 Å². The first kappa shape index (κ1) is 20.7. The van der Waals surface area contributed by atoms with Crippen LogP contribution in [0.25, 0.3) is 27.9 Å². The molecule has 6 nitrogen and oxygen atoms in total. The van der Waals surface area contributed by atoms with Gasteiger partial charge in [-0.1, -0.05) is 36.4 Å². The van der Waals surface area contributed by atoms with Crippen molar-refractivity contribution >= 4 is 11.3 Å². The van der Waals surface area contributed by atoms with Crippen LogP contribution in [-0.4, -0.2) is 51.5 Å². The van der Waals surface area contributed by atoms with Crippen LogP contribution in [0.5, 0.6) is 0 Å². The number of aromatic nitrogens is 3. The first-order chi connectivity index (χ1) is 15.6. The van der Waals surface area contributed by atoms with Gasteiger partial charge in [0.2, 0.25) is 0 Å². The largest absolute Gasteiger partial charge is 0.396 e. The van der Waals surface area contributed by atoms with Gasteiger partial charge in [-0.15, -0.1) is 0 Å². The van der Waals surface area contributed by atoms with Gasteiger partial charge in [0.25, 0.3) is 0 Å². The van der Waals surface area contributed by atoms with Crippen LogP contribution in [0.1, 0.15) is 19.4 Å². The topological polar surface area (TPSA) is 65.7 Å². The van der Waals surface area contributed by atoms with Crippen LogP contribution in [0.3, 0.4) is 0 Å². The number of anilines is 1. The Balaban J connectivity index is 1.43. The Morgan fingerprint density at radius 1 is 0.969 bits per heavy atom. The van der Waals surface area contributed by atoms with Crippen molar-refractivity contribution in [3.63, 3.8) is 0 Å². The van der Waals surface area contributed by atoms with Crippen molar-refractivity contribution in [2.45, 2.75) is 32.4 Å². The number of benzene rings is 2. The molecular weight excluding hydrogens is 398 g/mol. The average Bonchev–Trinajstić information content (AvgIpc) is 3.23. The van der Waals surface area contributed by atoms with Gasteiger partial charge in [0.05, 0.1) is 6.20 Å². The number of aliphatic hydroxyl groups excluding tert-OH is 1. The Kier molecular flexibility index (Phi) is 5.64. The van der Waals surface area contributed by atoms with Gasteiger partial charge >= 0.3 is 0 Å². The van der Waals surface area contributed by atoms with Crippen LogP contribution in [0.2, 0.25) is 0 Å². The van der Waals surface area contributed by atoms with Gasteiger partial charge in [0, 0.05) is 61.0 Å². The van der Waals surface area contributed by atoms with Crippen molar-refractivity contribution in [1.82, 2.24) is 19.9 Å². The van der Waals surface area contributed by atoms with Crippen molar-refractivity contribution in [1.29, 1.82) is 0 Å². The van der Waals surface area contributed by atoms with E-state index in [0.29, 0.717) is 18.5 Å². The molecule has 2 aromatic heterocycles. The number of nitrogens with zero attached hydrogens (tertiary/aromatic N) is 4. The fourth-order valence-corrected chi connectivity index (χ4v) is 4.72. The summed E-state index contributed by atoms with van der Waals surface area (Å²) in [5.41, 5.74) is 7.41. The van der Waals surface area contributed by atoms with Gasteiger partial charge in [-0.2, -0.15) is 5.10 Å². The molecule has 164 valence electrons. The molecule has 2 N–H and O–H groups in total. The number of hydrogen-bond acceptors (Lipinski definition) is 5. The SMILES string of the molecule is C[C@@H]1CNC[C@H](C)N1c1ccc(-c2cnc3c(-c4cccc(CCO)c4)cnn3c2)cc1. The molecule has 6 heteroatoms. The summed E-state index contributed by atoms with van der Waals surface area (Å²) in [4.78, 5) is 7.23. The maximum Gasteiger partial charge on any atom is 0.162 e. The summed E-state index contributed by atoms with van der Waals surface area (Å²) in [6.07, 6.45) is 6.46. The molecule has 1 aliphatic heterocycles. The van der Waals surface area contributed by atoms with Crippen LogP contribution in [0.4, 0.5) is 5.69 Å². The molecule has 0 saturated carbocycles. The van der Waals surface area contributed by atoms with Gasteiger partial charge in [-0.25, -0.2) is 9.50 Å². The second kappa shape index (κ2) is 8.73. The van der Waals surface area contributed by atoms with E-state index in [1.807, 2.05) is 35.2 Å². The van der Waals surface area contributed by atoms with Gasteiger partial charge in [-0.3, -0.25) is 0 Å². The molecule has 3 heterocycles. The van der Waals surface area contributed by atoms with Crippen LogP contribution < -0.4 is 10.2 Å². The normalized spacial score (nSPS) is 18.9. The fraction of sp³-hybridized carbons (Fsp3) is 0.308. The number of hydrogen-bond donors (Lipinski definition) is 2. The van der Waals surface area contributed by atoms with E-state index in [0.717, 1.165) is 46.6 Å². The van der Waals surface area contributed by atoms with Crippen molar-refractivity contribution in [3.8, 4) is 22.3 Å². The third kappa shape index (κ3) is 3.87. The number of rotatable bonds is 5. The first-order valence-corrected chi connectivity index (χ1v) is 11.3. The van der Waals surface area contributed by atoms with Crippen molar-refractivity contribution in [3.05, 3.63) is 72.7 Å². The third-order valence-electron chi connectivity index (χ3n) is 6.32. The summed E-state index contributed by atoms with van der Waals surface area (Å²) >= 11 is 0. The highest BCUT2D eigenvalue weighted by Crippen LogP contribution is 2.28. The lowest BCUT2D eigenvalue weighted by Crippen LogP contribution is -2.55. The molecule has 0 bridgehead atoms. The van der Waals surface area contributed by atoms with E-state index in [2.05, 4.69) is 65.6 Å². The zero-order valence-corrected chi connectivity index (χ0v) is 18.6. The average molecular weight is 428 g/mol. The molecule has 0 unspecified atom stereocenters. The van der Waals surface area contributed by atoms with Gasteiger partial charge < -0.3 is 15.3 Å². The number of aliphatic hydroxyl groups is 1. The van der Waals surface area contributed by atoms with Gasteiger partial charge in [0.1, 0.15) is 0 Å². The van der Waals surface area contributed by atoms with E-state index in [9.17, 15) is 5.11 Å². The van der Waals surface area contributed by atoms with Crippen molar-refractivity contribution in [2.75, 3.05) is 24.6 Å². The zero-order chi connectivity index (χ0) is 22.1. The van der Waals surface area contributed by atoms with Crippen LogP contribution in [0, 0.1) is 0 Å². The van der Waals surface area contributed by atoms with E-state index in [-0.39, 0.29) is 6.61 Å². The second-order valence-corrected chi connectivity index (χ2v) is 8.65. The van der Waals surface area contributed by atoms with Crippen molar-refractivity contribution < 1.29 is 5.11 Å². The predicted molar refractivity (Wildman–Crippen MR) is 129 cm³/mol. The third-order valence-corrected chi connectivity index (χ3v) is 6.32. The Morgan fingerprint density at radius 3 is 2.50 bits per heavy atom. The molecule has 2 aromatic carbocycles. The summed E-state index contributed by atoms with van der Waals surface area (Å²) in [7, 11) is 0. The Labute approximate surface area is 188 Å². The lowest BCUT2D eigenvalue weighted by Gasteiger charge is -2.41. The lowest BCUT2D eigenvalue weighted by molar-refractivity contribution is 0.299. The van der Waals surface area contributed by atoms with Crippen molar-refractivity contribution in [2.24, 2.45) is 0 Å². The summed E-state index contributed by atoms with van der Waals surface area (Å²) in [5, 5.41) is 17.3. The first-order valence-electron chi connectivity index (χ1n) is 11.3. The molecule has 1 fully saturated rings. The molecule has 0 spiro atoms. The summed E-state index contributed by atoms with van der Waals surface area (Å²) in [6.45, 7) is 6.70. The number of fused-ring (bicyclic) bond motifs is 1. The summed E-state index contributed by atoms with van der Waals surface area (Å²) in [6, 6.07) is 17.9. The maximum atomic E-state index is 9.23. The minimum Gasteiger partial charge on any atom is -0.396 e. The Morgan fingerprint density at radius 2 is 1.75 bits per heavy atom. The minimum atomic E-state index is 0.144. The molecule has 2 atom stereocenters. The fourth-order valence-electron chi connectivity index (χ4n) is 4.72. The Hall–Kier alpha value is -3.22. The highest BCUT2D eigenvalue weighted by Gasteiger charge is 2.24. The minimum absolute atomic E-state index is 0.144. The molecule has 1 aliphatic rings. The van der Waals surface area contributed by atoms with Crippen LogP contribution in [-0.2, 0) is 6.42 Å². The van der Waals surface area contributed by atoms with E-state index in [4.69, 9.17) is 4.98 Å². The van der Waals surface area contributed by atoms with E-state index < -0.39 is 0 Å². The van der Waals surface area contributed by atoms with Gasteiger partial charge in [0.15, 0.2) is 5.65 Å². The Bertz CT molecular complexity index is 1210. The predicted octanol–water partition coefficient (Wildman–Crippen LogP) is 3.78. The number of piperazine rings is 1. The smallest absolute Gasteiger partial charge is 0.162 e. The highest BCUT2D eigenvalue weighted by molar-refractivity contribution is 5.78. The summed E-state index contributed by atoms with van der Waals surface area (Å²) in [5.74, 6) is 0.